The highest BCUT2D eigenvalue weighted by atomic mass is 79.9. The number of likely N-dealkylation sites (N-methyl/N-ethyl adjacent to an activating group) is 1. The molecule has 0 saturated carbocycles. The van der Waals surface area contributed by atoms with E-state index in [1.54, 1.807) is 7.05 Å². The molecular formula is C7H10BrNO3. The van der Waals surface area contributed by atoms with Crippen molar-refractivity contribution in [3.8, 4) is 0 Å². The van der Waals surface area contributed by atoms with Crippen LogP contribution in [-0.2, 0) is 9.59 Å². The van der Waals surface area contributed by atoms with Crippen LogP contribution in [-0.4, -0.2) is 46.2 Å². The zero-order valence-electron chi connectivity index (χ0n) is 6.71. The summed E-state index contributed by atoms with van der Waals surface area (Å²) < 4.78 is 0. The number of ketones is 1. The summed E-state index contributed by atoms with van der Waals surface area (Å²) in [7, 11) is 1.57. The molecule has 1 aliphatic rings. The van der Waals surface area contributed by atoms with Crippen LogP contribution in [0, 0.1) is 0 Å². The molecule has 1 fully saturated rings. The zero-order valence-corrected chi connectivity index (χ0v) is 8.30. The number of nitrogens with zero attached hydrogens (tertiary/aromatic N) is 1. The van der Waals surface area contributed by atoms with Crippen molar-refractivity contribution in [2.24, 2.45) is 0 Å². The average molecular weight is 236 g/mol. The fourth-order valence-corrected chi connectivity index (χ4v) is 1.69. The Hall–Kier alpha value is -0.420. The molecule has 4 nitrogen and oxygen atoms in total. The van der Waals surface area contributed by atoms with Crippen LogP contribution < -0.4 is 0 Å². The van der Waals surface area contributed by atoms with Gasteiger partial charge in [0.25, 0.3) is 5.91 Å². The summed E-state index contributed by atoms with van der Waals surface area (Å²) in [6.45, 7) is 0.439. The van der Waals surface area contributed by atoms with Gasteiger partial charge in [0.15, 0.2) is 5.78 Å². The molecule has 1 amide bonds. The lowest BCUT2D eigenvalue weighted by Gasteiger charge is -2.17. The van der Waals surface area contributed by atoms with Gasteiger partial charge in [-0.3, -0.25) is 9.59 Å². The number of rotatable bonds is 2. The van der Waals surface area contributed by atoms with Gasteiger partial charge < -0.3 is 10.0 Å². The molecule has 1 N–H and O–H groups in total. The number of amides is 1. The number of carbonyl (C=O) groups is 2. The first-order valence-corrected chi connectivity index (χ1v) is 4.71. The van der Waals surface area contributed by atoms with E-state index < -0.39 is 17.3 Å². The molecule has 1 aliphatic heterocycles. The van der Waals surface area contributed by atoms with E-state index >= 15 is 0 Å². The summed E-state index contributed by atoms with van der Waals surface area (Å²) >= 11 is 2.93. The lowest BCUT2D eigenvalue weighted by atomic mass is 9.98. The monoisotopic (exact) mass is 235 g/mol. The topological polar surface area (TPSA) is 57.6 Å². The van der Waals surface area contributed by atoms with E-state index in [1.807, 2.05) is 0 Å². The summed E-state index contributed by atoms with van der Waals surface area (Å²) in [4.78, 5) is 23.8. The first-order valence-electron chi connectivity index (χ1n) is 3.59. The molecule has 68 valence electrons. The van der Waals surface area contributed by atoms with Crippen molar-refractivity contribution in [3.63, 3.8) is 0 Å². The largest absolute Gasteiger partial charge is 0.373 e. The number of aliphatic hydroxyl groups is 1. The Balaban J connectivity index is 2.86. The van der Waals surface area contributed by atoms with Crippen LogP contribution in [0.2, 0.25) is 0 Å². The molecule has 0 aromatic rings. The summed E-state index contributed by atoms with van der Waals surface area (Å²) in [6, 6.07) is 0. The number of Topliss-reactive ketones (excluding diaryl/α,β-unsaturated/α-hetero) is 1. The fraction of sp³-hybridized carbons (Fsp3) is 0.714. The van der Waals surface area contributed by atoms with Crippen molar-refractivity contribution in [3.05, 3.63) is 0 Å². The molecule has 0 aromatic heterocycles. The lowest BCUT2D eigenvalue weighted by molar-refractivity contribution is -0.151. The van der Waals surface area contributed by atoms with E-state index in [2.05, 4.69) is 15.9 Å². The number of halogens is 1. The molecule has 0 spiro atoms. The van der Waals surface area contributed by atoms with Gasteiger partial charge >= 0.3 is 0 Å². The molecule has 0 bridgehead atoms. The van der Waals surface area contributed by atoms with Crippen molar-refractivity contribution in [1.82, 2.24) is 4.90 Å². The molecule has 1 rings (SSSR count). The number of hydrogen-bond donors (Lipinski definition) is 1. The maximum absolute atomic E-state index is 11.3. The van der Waals surface area contributed by atoms with Crippen LogP contribution >= 0.6 is 15.9 Å². The van der Waals surface area contributed by atoms with Crippen LogP contribution in [0.5, 0.6) is 0 Å². The highest BCUT2D eigenvalue weighted by Crippen LogP contribution is 2.23. The Kier molecular flexibility index (Phi) is 2.53. The predicted molar refractivity (Wildman–Crippen MR) is 46.0 cm³/mol. The number of hydrogen-bond acceptors (Lipinski definition) is 3. The third-order valence-corrected chi connectivity index (χ3v) is 2.60. The number of carbonyl (C=O) groups excluding carboxylic acids is 2. The van der Waals surface area contributed by atoms with Crippen molar-refractivity contribution >= 4 is 27.6 Å². The number of likely N-dealkylation sites (tertiary alicyclic amines) is 1. The second kappa shape index (κ2) is 3.14. The second-order valence-electron chi connectivity index (χ2n) is 2.89. The minimum Gasteiger partial charge on any atom is -0.373 e. The quantitative estimate of drug-likeness (QED) is 0.521. The molecule has 0 radical (unpaired) electrons. The normalized spacial score (nSPS) is 29.6. The Bertz CT molecular complexity index is 231. The summed E-state index contributed by atoms with van der Waals surface area (Å²) in [6.07, 6.45) is 0.201. The first-order chi connectivity index (χ1) is 5.52. The minimum absolute atomic E-state index is 0.0169. The summed E-state index contributed by atoms with van der Waals surface area (Å²) in [5, 5.41) is 9.64. The second-order valence-corrected chi connectivity index (χ2v) is 3.45. The minimum atomic E-state index is -1.77. The molecule has 0 aromatic carbocycles. The van der Waals surface area contributed by atoms with Gasteiger partial charge in [0.1, 0.15) is 0 Å². The van der Waals surface area contributed by atoms with Crippen LogP contribution in [0.1, 0.15) is 6.42 Å². The Morgan fingerprint density at radius 3 is 2.75 bits per heavy atom. The fourth-order valence-electron chi connectivity index (χ4n) is 1.22. The van der Waals surface area contributed by atoms with Gasteiger partial charge in [0.2, 0.25) is 5.60 Å². The third-order valence-electron chi connectivity index (χ3n) is 2.09. The van der Waals surface area contributed by atoms with Crippen molar-refractivity contribution in [2.75, 3.05) is 18.9 Å². The molecule has 1 saturated heterocycles. The predicted octanol–water partition coefficient (Wildman–Crippen LogP) is -0.456. The maximum atomic E-state index is 11.3. The Morgan fingerprint density at radius 2 is 2.42 bits per heavy atom. The van der Waals surface area contributed by atoms with Gasteiger partial charge in [-0.05, 0) is 0 Å². The Morgan fingerprint density at radius 1 is 1.83 bits per heavy atom. The Labute approximate surface area is 78.7 Å². The SMILES string of the molecule is CN1CCC(O)(C(=O)CBr)C1=O. The molecule has 1 atom stereocenters. The van der Waals surface area contributed by atoms with E-state index in [0.717, 1.165) is 0 Å². The molecular weight excluding hydrogens is 226 g/mol. The lowest BCUT2D eigenvalue weighted by Crippen LogP contribution is -2.46. The van der Waals surface area contributed by atoms with Gasteiger partial charge in [-0.1, -0.05) is 15.9 Å². The van der Waals surface area contributed by atoms with E-state index in [0.29, 0.717) is 6.54 Å². The van der Waals surface area contributed by atoms with Gasteiger partial charge in [0, 0.05) is 20.0 Å². The molecule has 5 heteroatoms. The van der Waals surface area contributed by atoms with Crippen molar-refractivity contribution < 1.29 is 14.7 Å². The maximum Gasteiger partial charge on any atom is 0.262 e. The third kappa shape index (κ3) is 1.27. The van der Waals surface area contributed by atoms with E-state index in [-0.39, 0.29) is 11.8 Å². The van der Waals surface area contributed by atoms with Crippen molar-refractivity contribution in [2.45, 2.75) is 12.0 Å². The molecule has 1 unspecified atom stereocenters. The summed E-state index contributed by atoms with van der Waals surface area (Å²) in [5.74, 6) is -0.955. The standard InChI is InChI=1S/C7H10BrNO3/c1-9-3-2-7(12,6(9)11)5(10)4-8/h12H,2-4H2,1H3. The van der Waals surface area contributed by atoms with E-state index in [4.69, 9.17) is 0 Å². The van der Waals surface area contributed by atoms with Gasteiger partial charge in [0.05, 0.1) is 5.33 Å². The summed E-state index contributed by atoms with van der Waals surface area (Å²) in [5.41, 5.74) is -1.77. The first kappa shape index (κ1) is 9.67. The van der Waals surface area contributed by atoms with Crippen LogP contribution in [0.4, 0.5) is 0 Å². The smallest absolute Gasteiger partial charge is 0.262 e. The highest BCUT2D eigenvalue weighted by Gasteiger charge is 2.48. The van der Waals surface area contributed by atoms with Gasteiger partial charge in [-0.2, -0.15) is 0 Å². The average Bonchev–Trinajstić information content (AvgIpc) is 2.33. The molecule has 0 aliphatic carbocycles. The van der Waals surface area contributed by atoms with Crippen molar-refractivity contribution in [1.29, 1.82) is 0 Å². The molecule has 12 heavy (non-hydrogen) atoms. The van der Waals surface area contributed by atoms with E-state index in [9.17, 15) is 14.7 Å². The van der Waals surface area contributed by atoms with Gasteiger partial charge in [-0.25, -0.2) is 0 Å². The van der Waals surface area contributed by atoms with Crippen LogP contribution in [0.3, 0.4) is 0 Å². The highest BCUT2D eigenvalue weighted by molar-refractivity contribution is 9.09. The van der Waals surface area contributed by atoms with Gasteiger partial charge in [-0.15, -0.1) is 0 Å². The molecule has 1 heterocycles. The van der Waals surface area contributed by atoms with Crippen LogP contribution in [0.25, 0.3) is 0 Å². The zero-order chi connectivity index (χ0) is 9.35. The van der Waals surface area contributed by atoms with Crippen LogP contribution in [0.15, 0.2) is 0 Å². The number of alkyl halides is 1. The van der Waals surface area contributed by atoms with E-state index in [1.165, 1.54) is 4.90 Å².